The summed E-state index contributed by atoms with van der Waals surface area (Å²) in [4.78, 5) is 11.5. The molecule has 6 N–H and O–H groups in total. The topological polar surface area (TPSA) is 125 Å². The molecule has 1 amide bonds. The van der Waals surface area contributed by atoms with Crippen molar-refractivity contribution < 1.29 is 24.9 Å². The number of hydrogen-bond donors (Lipinski definition) is 5. The summed E-state index contributed by atoms with van der Waals surface area (Å²) in [6.07, 6.45) is 6.42. The molecule has 2 aliphatic carbocycles. The van der Waals surface area contributed by atoms with Gasteiger partial charge in [-0.1, -0.05) is 0 Å². The zero-order chi connectivity index (χ0) is 21.3. The molecule has 0 spiro atoms. The normalized spacial score (nSPS) is 32.4. The van der Waals surface area contributed by atoms with Crippen LogP contribution >= 0.6 is 12.4 Å². The van der Waals surface area contributed by atoms with Crippen molar-refractivity contribution in [2.24, 2.45) is 5.73 Å². The first-order valence-electron chi connectivity index (χ1n) is 9.93. The molecule has 2 fully saturated rings. The van der Waals surface area contributed by atoms with Crippen molar-refractivity contribution in [3.8, 4) is 0 Å². The monoisotopic (exact) mass is 426 g/mol. The summed E-state index contributed by atoms with van der Waals surface area (Å²) >= 11 is 0. The van der Waals surface area contributed by atoms with Gasteiger partial charge in [-0.15, -0.1) is 12.4 Å². The lowest BCUT2D eigenvalue weighted by Crippen LogP contribution is -2.44. The zero-order valence-corrected chi connectivity index (χ0v) is 19.3. The molecule has 7 nitrogen and oxygen atoms in total. The van der Waals surface area contributed by atoms with E-state index < -0.39 is 16.8 Å². The Kier molecular flexibility index (Phi) is 13.6. The molecule has 0 atom stereocenters. The van der Waals surface area contributed by atoms with Crippen molar-refractivity contribution in [1.29, 1.82) is 0 Å². The van der Waals surface area contributed by atoms with Gasteiger partial charge < -0.3 is 31.1 Å². The van der Waals surface area contributed by atoms with E-state index in [4.69, 9.17) is 15.6 Å². The van der Waals surface area contributed by atoms with Crippen molar-refractivity contribution in [3.63, 3.8) is 0 Å². The quantitative estimate of drug-likeness (QED) is 0.439. The first-order chi connectivity index (χ1) is 12.3. The summed E-state index contributed by atoms with van der Waals surface area (Å²) in [5, 5.41) is 29.0. The second-order valence-corrected chi connectivity index (χ2v) is 9.25. The molecule has 0 bridgehead atoms. The molecule has 0 unspecified atom stereocenters. The van der Waals surface area contributed by atoms with E-state index >= 15 is 0 Å². The summed E-state index contributed by atoms with van der Waals surface area (Å²) in [6.45, 7) is 9.27. The fourth-order valence-corrected chi connectivity index (χ4v) is 3.12. The van der Waals surface area contributed by atoms with Crippen molar-refractivity contribution in [1.82, 2.24) is 5.32 Å². The Hall–Kier alpha value is -0.600. The Morgan fingerprint density at radius 1 is 0.964 bits per heavy atom. The molecule has 0 aromatic rings. The average molecular weight is 427 g/mol. The molecular formula is C20H43ClN2O5. The Morgan fingerprint density at radius 2 is 1.32 bits per heavy atom. The van der Waals surface area contributed by atoms with E-state index in [0.29, 0.717) is 6.04 Å². The van der Waals surface area contributed by atoms with Gasteiger partial charge in [-0.3, -0.25) is 0 Å². The highest BCUT2D eigenvalue weighted by Crippen LogP contribution is 2.28. The standard InChI is InChI=1S/C12H23NO3.C7H15NO.CH4O.ClH/c1-11(2,3)16-10(14)13-9-5-7-12(4,15)8-6-9;1-7(9)4-2-6(8)3-5-7;1-2;/h9,15H,5-8H2,1-4H3,(H,13,14);6,9H,2-5,8H2,1H3;2H,1H3;1H. The van der Waals surface area contributed by atoms with Crippen LogP contribution in [0, 0.1) is 0 Å². The number of carbonyl (C=O) groups excluding carboxylic acids is 1. The number of nitrogens with two attached hydrogens (primary N) is 1. The molecule has 0 aromatic heterocycles. The lowest BCUT2D eigenvalue weighted by molar-refractivity contribution is 0.00938. The SMILES string of the molecule is CC1(O)CCC(N)CC1.CC1(O)CCC(NC(=O)OC(C)(C)C)CC1.CO.Cl. The van der Waals surface area contributed by atoms with E-state index in [1.165, 1.54) is 0 Å². The predicted octanol–water partition coefficient (Wildman–Crippen LogP) is 2.87. The van der Waals surface area contributed by atoms with Gasteiger partial charge in [-0.05, 0) is 86.0 Å². The van der Waals surface area contributed by atoms with Gasteiger partial charge in [0, 0.05) is 19.2 Å². The van der Waals surface area contributed by atoms with E-state index in [1.54, 1.807) is 0 Å². The minimum atomic E-state index is -0.563. The Labute approximate surface area is 176 Å². The highest BCUT2D eigenvalue weighted by molar-refractivity contribution is 5.85. The number of alkyl carbamates (subject to hydrolysis) is 1. The summed E-state index contributed by atoms with van der Waals surface area (Å²) in [5.74, 6) is 0. The molecule has 2 saturated carbocycles. The van der Waals surface area contributed by atoms with Crippen LogP contribution in [0.3, 0.4) is 0 Å². The molecule has 2 rings (SSSR count). The fourth-order valence-electron chi connectivity index (χ4n) is 3.12. The molecule has 0 heterocycles. The predicted molar refractivity (Wildman–Crippen MR) is 115 cm³/mol. The number of aliphatic hydroxyl groups is 3. The number of aliphatic hydroxyl groups excluding tert-OH is 1. The van der Waals surface area contributed by atoms with Gasteiger partial charge in [0.05, 0.1) is 11.2 Å². The van der Waals surface area contributed by atoms with Crippen LogP contribution in [-0.4, -0.2) is 57.4 Å². The van der Waals surface area contributed by atoms with Crippen molar-refractivity contribution >= 4 is 18.5 Å². The first-order valence-corrected chi connectivity index (χ1v) is 9.93. The summed E-state index contributed by atoms with van der Waals surface area (Å²) in [7, 11) is 1.00. The molecule has 0 saturated heterocycles. The lowest BCUT2D eigenvalue weighted by atomic mass is 9.84. The van der Waals surface area contributed by atoms with Crippen LogP contribution < -0.4 is 11.1 Å². The number of ether oxygens (including phenoxy) is 1. The smallest absolute Gasteiger partial charge is 0.407 e. The lowest BCUT2D eigenvalue weighted by Gasteiger charge is -2.33. The number of nitrogens with one attached hydrogen (secondary N) is 1. The van der Waals surface area contributed by atoms with E-state index in [9.17, 15) is 15.0 Å². The maximum absolute atomic E-state index is 11.5. The van der Waals surface area contributed by atoms with Crippen LogP contribution in [0.4, 0.5) is 4.79 Å². The zero-order valence-electron chi connectivity index (χ0n) is 18.5. The average Bonchev–Trinajstić information content (AvgIpc) is 2.53. The molecule has 0 aliphatic heterocycles. The van der Waals surface area contributed by atoms with Crippen molar-refractivity contribution in [3.05, 3.63) is 0 Å². The highest BCUT2D eigenvalue weighted by atomic mass is 35.5. The second-order valence-electron chi connectivity index (χ2n) is 9.25. The molecular weight excluding hydrogens is 384 g/mol. The molecule has 8 heteroatoms. The summed E-state index contributed by atoms with van der Waals surface area (Å²) < 4.78 is 5.18. The molecule has 0 aromatic carbocycles. The largest absolute Gasteiger partial charge is 0.444 e. The van der Waals surface area contributed by atoms with E-state index in [-0.39, 0.29) is 24.5 Å². The summed E-state index contributed by atoms with van der Waals surface area (Å²) in [6, 6.07) is 0.472. The van der Waals surface area contributed by atoms with E-state index in [1.807, 2.05) is 34.6 Å². The molecule has 170 valence electrons. The van der Waals surface area contributed by atoms with Gasteiger partial charge in [0.2, 0.25) is 0 Å². The van der Waals surface area contributed by atoms with Crippen molar-refractivity contribution in [2.75, 3.05) is 7.11 Å². The number of halogens is 1. The van der Waals surface area contributed by atoms with Gasteiger partial charge >= 0.3 is 6.09 Å². The third-order valence-corrected chi connectivity index (χ3v) is 4.89. The van der Waals surface area contributed by atoms with Crippen LogP contribution in [0.25, 0.3) is 0 Å². The summed E-state index contributed by atoms with van der Waals surface area (Å²) in [5.41, 5.74) is 4.21. The van der Waals surface area contributed by atoms with Crippen LogP contribution in [0.1, 0.15) is 86.0 Å². The van der Waals surface area contributed by atoms with Crippen LogP contribution in [0.2, 0.25) is 0 Å². The number of hydrogen-bond acceptors (Lipinski definition) is 6. The Balaban J connectivity index is 0. The van der Waals surface area contributed by atoms with Gasteiger partial charge in [0.15, 0.2) is 0 Å². The fraction of sp³-hybridized carbons (Fsp3) is 0.950. The molecule has 2 aliphatic rings. The number of carbonyl (C=O) groups is 1. The van der Waals surface area contributed by atoms with Gasteiger partial charge in [0.25, 0.3) is 0 Å². The molecule has 28 heavy (non-hydrogen) atoms. The van der Waals surface area contributed by atoms with Gasteiger partial charge in [-0.25, -0.2) is 4.79 Å². The Bertz CT molecular complexity index is 419. The minimum absolute atomic E-state index is 0. The van der Waals surface area contributed by atoms with Crippen LogP contribution in [0.15, 0.2) is 0 Å². The van der Waals surface area contributed by atoms with E-state index in [0.717, 1.165) is 58.5 Å². The van der Waals surface area contributed by atoms with Crippen LogP contribution in [-0.2, 0) is 4.74 Å². The first kappa shape index (κ1) is 29.6. The molecule has 0 radical (unpaired) electrons. The van der Waals surface area contributed by atoms with E-state index in [2.05, 4.69) is 5.32 Å². The maximum Gasteiger partial charge on any atom is 0.407 e. The highest BCUT2D eigenvalue weighted by Gasteiger charge is 2.30. The third kappa shape index (κ3) is 14.4. The maximum atomic E-state index is 11.5. The van der Waals surface area contributed by atoms with Gasteiger partial charge in [-0.2, -0.15) is 0 Å². The minimum Gasteiger partial charge on any atom is -0.444 e. The van der Waals surface area contributed by atoms with Crippen molar-refractivity contribution in [2.45, 2.75) is 115 Å². The number of amides is 1. The number of rotatable bonds is 1. The van der Waals surface area contributed by atoms with Crippen LogP contribution in [0.5, 0.6) is 0 Å². The van der Waals surface area contributed by atoms with Gasteiger partial charge in [0.1, 0.15) is 5.60 Å². The Morgan fingerprint density at radius 3 is 1.64 bits per heavy atom. The third-order valence-electron chi connectivity index (χ3n) is 4.89. The second kappa shape index (κ2) is 12.9.